The Morgan fingerprint density at radius 2 is 2.12 bits per heavy atom. The third-order valence-corrected chi connectivity index (χ3v) is 4.50. The summed E-state index contributed by atoms with van der Waals surface area (Å²) in [5, 5.41) is 9.38. The molecule has 0 aromatic heterocycles. The van der Waals surface area contributed by atoms with E-state index < -0.39 is 7.72 Å². The first kappa shape index (κ1) is 13.4. The lowest BCUT2D eigenvalue weighted by Crippen LogP contribution is -2.07. The summed E-state index contributed by atoms with van der Waals surface area (Å²) in [7, 11) is -2.26. The SMILES string of the molecule is CCO[P+](C)(O)CC(C)c1cccc(O)c1. The molecule has 0 aliphatic carbocycles. The van der Waals surface area contributed by atoms with Crippen molar-refractivity contribution in [2.45, 2.75) is 19.8 Å². The highest BCUT2D eigenvalue weighted by atomic mass is 31.2. The van der Waals surface area contributed by atoms with Crippen LogP contribution >= 0.6 is 7.72 Å². The monoisotopic (exact) mass is 243 g/mol. The van der Waals surface area contributed by atoms with E-state index in [0.29, 0.717) is 12.8 Å². The number of rotatable bonds is 5. The van der Waals surface area contributed by atoms with Crippen LogP contribution in [-0.4, -0.2) is 29.4 Å². The van der Waals surface area contributed by atoms with Gasteiger partial charge < -0.3 is 5.11 Å². The topological polar surface area (TPSA) is 49.7 Å². The van der Waals surface area contributed by atoms with Crippen LogP contribution in [-0.2, 0) is 4.52 Å². The molecule has 16 heavy (non-hydrogen) atoms. The van der Waals surface area contributed by atoms with Gasteiger partial charge in [-0.2, -0.15) is 0 Å². The molecule has 3 nitrogen and oxygen atoms in total. The Labute approximate surface area is 97.6 Å². The second-order valence-electron chi connectivity index (χ2n) is 4.15. The largest absolute Gasteiger partial charge is 0.508 e. The highest BCUT2D eigenvalue weighted by molar-refractivity contribution is 7.64. The quantitative estimate of drug-likeness (QED) is 0.781. The van der Waals surface area contributed by atoms with Crippen molar-refractivity contribution in [3.8, 4) is 5.75 Å². The highest BCUT2D eigenvalue weighted by Crippen LogP contribution is 2.54. The van der Waals surface area contributed by atoms with Gasteiger partial charge in [-0.3, -0.25) is 0 Å². The third-order valence-electron chi connectivity index (χ3n) is 2.46. The minimum absolute atomic E-state index is 0.182. The van der Waals surface area contributed by atoms with Crippen LogP contribution in [0.15, 0.2) is 24.3 Å². The minimum atomic E-state index is -2.26. The van der Waals surface area contributed by atoms with Crippen LogP contribution in [0.2, 0.25) is 0 Å². The van der Waals surface area contributed by atoms with Crippen molar-refractivity contribution in [3.63, 3.8) is 0 Å². The molecule has 0 saturated heterocycles. The summed E-state index contributed by atoms with van der Waals surface area (Å²) < 4.78 is 5.36. The standard InChI is InChI=1S/C12H19O3P/c1-4-15-16(3,14)9-10(2)11-6-5-7-12(13)8-11/h5-8,10,14H,4,9H2,1-3H3/p+1. The number of hydrogen-bond donors (Lipinski definition) is 2. The van der Waals surface area contributed by atoms with E-state index in [2.05, 4.69) is 0 Å². The fourth-order valence-electron chi connectivity index (χ4n) is 1.78. The second-order valence-corrected chi connectivity index (χ2v) is 6.87. The Balaban J connectivity index is 2.68. The van der Waals surface area contributed by atoms with Crippen LogP contribution in [0.3, 0.4) is 0 Å². The summed E-state index contributed by atoms with van der Waals surface area (Å²) in [5.74, 6) is 0.445. The van der Waals surface area contributed by atoms with Crippen molar-refractivity contribution in [2.24, 2.45) is 0 Å². The normalized spacial score (nSPS) is 16.8. The van der Waals surface area contributed by atoms with E-state index in [-0.39, 0.29) is 11.7 Å². The van der Waals surface area contributed by atoms with Crippen LogP contribution < -0.4 is 0 Å². The number of hydrogen-bond acceptors (Lipinski definition) is 3. The number of phenols is 1. The van der Waals surface area contributed by atoms with Crippen molar-refractivity contribution >= 4 is 7.72 Å². The maximum absolute atomic E-state index is 10.0. The Kier molecular flexibility index (Phi) is 4.72. The average molecular weight is 243 g/mol. The lowest BCUT2D eigenvalue weighted by atomic mass is 10.0. The predicted octanol–water partition coefficient (Wildman–Crippen LogP) is 3.00. The van der Waals surface area contributed by atoms with E-state index in [1.54, 1.807) is 18.8 Å². The molecule has 0 heterocycles. The molecular weight excluding hydrogens is 223 g/mol. The molecule has 2 atom stereocenters. The van der Waals surface area contributed by atoms with E-state index in [1.807, 2.05) is 26.0 Å². The first-order chi connectivity index (χ1) is 7.44. The molecule has 0 fully saturated rings. The molecule has 2 N–H and O–H groups in total. The molecular formula is C12H20O3P+. The molecule has 0 amide bonds. The summed E-state index contributed by atoms with van der Waals surface area (Å²) in [5.41, 5.74) is 1.03. The fourth-order valence-corrected chi connectivity index (χ4v) is 3.66. The lowest BCUT2D eigenvalue weighted by Gasteiger charge is -2.18. The van der Waals surface area contributed by atoms with Crippen molar-refractivity contribution < 1.29 is 14.5 Å². The maximum atomic E-state index is 10.0. The molecule has 1 aromatic carbocycles. The number of benzene rings is 1. The van der Waals surface area contributed by atoms with Gasteiger partial charge in [0, 0.05) is 5.92 Å². The van der Waals surface area contributed by atoms with Gasteiger partial charge in [0.05, 0.1) is 6.61 Å². The molecule has 0 aliphatic rings. The van der Waals surface area contributed by atoms with Gasteiger partial charge in [-0.1, -0.05) is 19.1 Å². The summed E-state index contributed by atoms with van der Waals surface area (Å²) >= 11 is 0. The molecule has 0 aliphatic heterocycles. The minimum Gasteiger partial charge on any atom is -0.508 e. The summed E-state index contributed by atoms with van der Waals surface area (Å²) in [6, 6.07) is 7.15. The van der Waals surface area contributed by atoms with Crippen LogP contribution in [0.1, 0.15) is 25.3 Å². The van der Waals surface area contributed by atoms with Crippen LogP contribution in [0, 0.1) is 0 Å². The average Bonchev–Trinajstić information content (AvgIpc) is 2.16. The van der Waals surface area contributed by atoms with Gasteiger partial charge in [0.2, 0.25) is 0 Å². The third kappa shape index (κ3) is 4.09. The molecule has 0 spiro atoms. The van der Waals surface area contributed by atoms with Gasteiger partial charge in [0.25, 0.3) is 7.72 Å². The molecule has 0 radical (unpaired) electrons. The van der Waals surface area contributed by atoms with E-state index in [9.17, 15) is 10.00 Å². The summed E-state index contributed by atoms with van der Waals surface area (Å²) in [6.45, 7) is 6.22. The Hall–Kier alpha value is -0.630. The summed E-state index contributed by atoms with van der Waals surface area (Å²) in [4.78, 5) is 10.0. The zero-order valence-electron chi connectivity index (χ0n) is 10.1. The zero-order valence-corrected chi connectivity index (χ0v) is 10.9. The maximum Gasteiger partial charge on any atom is 0.269 e. The summed E-state index contributed by atoms with van der Waals surface area (Å²) in [6.07, 6.45) is 0.615. The van der Waals surface area contributed by atoms with Crippen molar-refractivity contribution in [1.29, 1.82) is 0 Å². The first-order valence-electron chi connectivity index (χ1n) is 5.46. The molecule has 1 rings (SSSR count). The van der Waals surface area contributed by atoms with Crippen LogP contribution in [0.5, 0.6) is 5.75 Å². The van der Waals surface area contributed by atoms with Crippen molar-refractivity contribution in [1.82, 2.24) is 0 Å². The Morgan fingerprint density at radius 3 is 2.69 bits per heavy atom. The van der Waals surface area contributed by atoms with E-state index >= 15 is 0 Å². The molecule has 4 heteroatoms. The van der Waals surface area contributed by atoms with Crippen LogP contribution in [0.4, 0.5) is 0 Å². The molecule has 2 unspecified atom stereocenters. The number of phenolic OH excluding ortho intramolecular Hbond substituents is 1. The van der Waals surface area contributed by atoms with Gasteiger partial charge in [-0.25, -0.2) is 9.42 Å². The Bertz CT molecular complexity index is 339. The molecule has 0 saturated carbocycles. The van der Waals surface area contributed by atoms with Crippen molar-refractivity contribution in [3.05, 3.63) is 29.8 Å². The predicted molar refractivity (Wildman–Crippen MR) is 68.1 cm³/mol. The highest BCUT2D eigenvalue weighted by Gasteiger charge is 2.33. The van der Waals surface area contributed by atoms with Gasteiger partial charge in [-0.05, 0) is 24.6 Å². The molecule has 1 aromatic rings. The molecule has 0 bridgehead atoms. The van der Waals surface area contributed by atoms with Gasteiger partial charge >= 0.3 is 0 Å². The van der Waals surface area contributed by atoms with E-state index in [0.717, 1.165) is 5.56 Å². The zero-order chi connectivity index (χ0) is 12.2. The smallest absolute Gasteiger partial charge is 0.269 e. The van der Waals surface area contributed by atoms with Gasteiger partial charge in [-0.15, -0.1) is 0 Å². The van der Waals surface area contributed by atoms with Crippen LogP contribution in [0.25, 0.3) is 0 Å². The second kappa shape index (κ2) is 5.62. The lowest BCUT2D eigenvalue weighted by molar-refractivity contribution is 0.311. The first-order valence-corrected chi connectivity index (χ1v) is 7.75. The fraction of sp³-hybridized carbons (Fsp3) is 0.500. The van der Waals surface area contributed by atoms with Gasteiger partial charge in [0.1, 0.15) is 18.6 Å². The van der Waals surface area contributed by atoms with Gasteiger partial charge in [0.15, 0.2) is 0 Å². The van der Waals surface area contributed by atoms with E-state index in [1.165, 1.54) is 0 Å². The Morgan fingerprint density at radius 1 is 1.44 bits per heavy atom. The van der Waals surface area contributed by atoms with Crippen molar-refractivity contribution in [2.75, 3.05) is 19.4 Å². The molecule has 90 valence electrons. The van der Waals surface area contributed by atoms with E-state index in [4.69, 9.17) is 4.52 Å². The number of aromatic hydroxyl groups is 1.